The Kier molecular flexibility index (Phi) is 5.07. The molecule has 6 nitrogen and oxygen atoms in total. The van der Waals surface area contributed by atoms with E-state index in [9.17, 15) is 4.79 Å². The standard InChI is InChI=1S/C19H29BN2O4/c1-13-15(20-25-18(2,3)19(4,5)26-20)11-14(17(23)24-6)12-16(13)22-9-7-21-8-10-22/h11-12,21H,7-10H2,1-6H3. The number of hydrogen-bond donors (Lipinski definition) is 1. The number of methoxy groups -OCH3 is 1. The summed E-state index contributed by atoms with van der Waals surface area (Å²) in [6.07, 6.45) is 0. The second kappa shape index (κ2) is 6.87. The maximum atomic E-state index is 12.2. The molecule has 1 N–H and O–H groups in total. The Morgan fingerprint density at radius 2 is 1.73 bits per heavy atom. The third-order valence-corrected chi connectivity index (χ3v) is 5.81. The molecule has 0 aromatic heterocycles. The number of rotatable bonds is 3. The molecule has 0 atom stereocenters. The average Bonchev–Trinajstić information content (AvgIpc) is 2.82. The van der Waals surface area contributed by atoms with Crippen LogP contribution in [-0.4, -0.2) is 57.6 Å². The molecule has 2 aliphatic heterocycles. The number of hydrogen-bond acceptors (Lipinski definition) is 6. The Morgan fingerprint density at radius 3 is 2.27 bits per heavy atom. The van der Waals surface area contributed by atoms with Gasteiger partial charge in [0.15, 0.2) is 0 Å². The number of nitrogens with zero attached hydrogens (tertiary/aromatic N) is 1. The normalized spacial score (nSPS) is 21.8. The fraction of sp³-hybridized carbons (Fsp3) is 0.632. The van der Waals surface area contributed by atoms with E-state index in [0.29, 0.717) is 5.56 Å². The van der Waals surface area contributed by atoms with Crippen molar-refractivity contribution in [1.82, 2.24) is 5.32 Å². The monoisotopic (exact) mass is 360 g/mol. The van der Waals surface area contributed by atoms with Gasteiger partial charge >= 0.3 is 13.1 Å². The largest absolute Gasteiger partial charge is 0.495 e. The highest BCUT2D eigenvalue weighted by Crippen LogP contribution is 2.37. The van der Waals surface area contributed by atoms with Crippen molar-refractivity contribution in [1.29, 1.82) is 0 Å². The lowest BCUT2D eigenvalue weighted by molar-refractivity contribution is 0.00578. The number of ether oxygens (including phenoxy) is 1. The first-order chi connectivity index (χ1) is 12.2. The fourth-order valence-electron chi connectivity index (χ4n) is 3.41. The number of nitrogens with one attached hydrogen (secondary N) is 1. The Labute approximate surface area is 156 Å². The van der Waals surface area contributed by atoms with Crippen molar-refractivity contribution < 1.29 is 18.8 Å². The maximum Gasteiger partial charge on any atom is 0.495 e. The highest BCUT2D eigenvalue weighted by Gasteiger charge is 2.52. The molecule has 2 fully saturated rings. The molecular weight excluding hydrogens is 331 g/mol. The molecule has 26 heavy (non-hydrogen) atoms. The van der Waals surface area contributed by atoms with Gasteiger partial charge in [-0.3, -0.25) is 0 Å². The van der Waals surface area contributed by atoms with Gasteiger partial charge in [0.1, 0.15) is 0 Å². The number of esters is 1. The van der Waals surface area contributed by atoms with Crippen LogP contribution in [0.25, 0.3) is 0 Å². The Morgan fingerprint density at radius 1 is 1.15 bits per heavy atom. The van der Waals surface area contributed by atoms with E-state index in [1.807, 2.05) is 39.8 Å². The minimum atomic E-state index is -0.508. The quantitative estimate of drug-likeness (QED) is 0.651. The zero-order valence-electron chi connectivity index (χ0n) is 16.6. The molecule has 1 aromatic carbocycles. The lowest BCUT2D eigenvalue weighted by atomic mass is 9.74. The van der Waals surface area contributed by atoms with Crippen LogP contribution >= 0.6 is 0 Å². The molecule has 7 heteroatoms. The summed E-state index contributed by atoms with van der Waals surface area (Å²) < 4.78 is 17.4. The van der Waals surface area contributed by atoms with Gasteiger partial charge < -0.3 is 24.3 Å². The predicted octanol–water partition coefficient (Wildman–Crippen LogP) is 1.49. The van der Waals surface area contributed by atoms with Crippen LogP contribution in [0.5, 0.6) is 0 Å². The van der Waals surface area contributed by atoms with Gasteiger partial charge in [-0.05, 0) is 57.8 Å². The van der Waals surface area contributed by atoms with Gasteiger partial charge in [-0.15, -0.1) is 0 Å². The van der Waals surface area contributed by atoms with E-state index >= 15 is 0 Å². The second-order valence-corrected chi connectivity index (χ2v) is 8.03. The minimum absolute atomic E-state index is 0.348. The van der Waals surface area contributed by atoms with Crippen molar-refractivity contribution in [2.24, 2.45) is 0 Å². The smallest absolute Gasteiger partial charge is 0.465 e. The van der Waals surface area contributed by atoms with Crippen LogP contribution in [0.3, 0.4) is 0 Å². The van der Waals surface area contributed by atoms with Gasteiger partial charge in [-0.2, -0.15) is 0 Å². The summed E-state index contributed by atoms with van der Waals surface area (Å²) in [6, 6.07) is 3.76. The number of benzene rings is 1. The third kappa shape index (κ3) is 3.35. The average molecular weight is 360 g/mol. The molecule has 0 bridgehead atoms. The first-order valence-corrected chi connectivity index (χ1v) is 9.20. The fourth-order valence-corrected chi connectivity index (χ4v) is 3.41. The van der Waals surface area contributed by atoms with Crippen molar-refractivity contribution in [3.05, 3.63) is 23.3 Å². The van der Waals surface area contributed by atoms with Gasteiger partial charge in [0, 0.05) is 31.9 Å². The molecule has 2 heterocycles. The molecule has 3 rings (SSSR count). The van der Waals surface area contributed by atoms with Gasteiger partial charge in [0.25, 0.3) is 0 Å². The number of carbonyl (C=O) groups is 1. The van der Waals surface area contributed by atoms with Crippen molar-refractivity contribution in [2.45, 2.75) is 45.8 Å². The maximum absolute atomic E-state index is 12.2. The molecular formula is C19H29BN2O4. The van der Waals surface area contributed by atoms with E-state index < -0.39 is 18.3 Å². The molecule has 142 valence electrons. The number of anilines is 1. The molecule has 0 radical (unpaired) electrons. The Hall–Kier alpha value is -1.57. The number of piperazine rings is 1. The van der Waals surface area contributed by atoms with Crippen LogP contribution in [0.15, 0.2) is 12.1 Å². The lowest BCUT2D eigenvalue weighted by Gasteiger charge is -2.32. The summed E-state index contributed by atoms with van der Waals surface area (Å²) in [5.41, 5.74) is 2.68. The molecule has 0 saturated carbocycles. The molecule has 0 aliphatic carbocycles. The molecule has 0 unspecified atom stereocenters. The lowest BCUT2D eigenvalue weighted by Crippen LogP contribution is -2.45. The van der Waals surface area contributed by atoms with Crippen molar-refractivity contribution in [3.63, 3.8) is 0 Å². The highest BCUT2D eigenvalue weighted by atomic mass is 16.7. The Balaban J connectivity index is 2.05. The van der Waals surface area contributed by atoms with E-state index in [-0.39, 0.29) is 5.97 Å². The van der Waals surface area contributed by atoms with Crippen LogP contribution in [0.1, 0.15) is 43.6 Å². The first kappa shape index (κ1) is 19.2. The summed E-state index contributed by atoms with van der Waals surface area (Å²) in [6.45, 7) is 13.8. The molecule has 2 saturated heterocycles. The van der Waals surface area contributed by atoms with Crippen molar-refractivity contribution in [2.75, 3.05) is 38.2 Å². The molecule has 0 amide bonds. The van der Waals surface area contributed by atoms with Crippen molar-refractivity contribution >= 4 is 24.2 Å². The van der Waals surface area contributed by atoms with Crippen molar-refractivity contribution in [3.8, 4) is 0 Å². The predicted molar refractivity (Wildman–Crippen MR) is 103 cm³/mol. The van der Waals surface area contributed by atoms with Gasteiger partial charge in [0.05, 0.1) is 23.9 Å². The van der Waals surface area contributed by atoms with E-state index in [1.165, 1.54) is 7.11 Å². The second-order valence-electron chi connectivity index (χ2n) is 8.03. The van der Waals surface area contributed by atoms with E-state index in [0.717, 1.165) is 42.9 Å². The highest BCUT2D eigenvalue weighted by molar-refractivity contribution is 6.63. The first-order valence-electron chi connectivity index (χ1n) is 9.20. The van der Waals surface area contributed by atoms with E-state index in [2.05, 4.69) is 17.1 Å². The van der Waals surface area contributed by atoms with Crippen LogP contribution < -0.4 is 15.7 Å². The number of carbonyl (C=O) groups excluding carboxylic acids is 1. The molecule has 2 aliphatic rings. The molecule has 0 spiro atoms. The summed E-state index contributed by atoms with van der Waals surface area (Å²) in [4.78, 5) is 14.5. The summed E-state index contributed by atoms with van der Waals surface area (Å²) >= 11 is 0. The van der Waals surface area contributed by atoms with Crippen LogP contribution in [-0.2, 0) is 14.0 Å². The topological polar surface area (TPSA) is 60.0 Å². The zero-order valence-corrected chi connectivity index (χ0v) is 16.6. The summed E-state index contributed by atoms with van der Waals surface area (Å²) in [5, 5.41) is 3.36. The van der Waals surface area contributed by atoms with Gasteiger partial charge in [0.2, 0.25) is 0 Å². The SMILES string of the molecule is COC(=O)c1cc(B2OC(C)(C)C(C)(C)O2)c(C)c(N2CCNCC2)c1. The van der Waals surface area contributed by atoms with Gasteiger partial charge in [-0.25, -0.2) is 4.79 Å². The zero-order chi connectivity index (χ0) is 19.1. The summed E-state index contributed by atoms with van der Waals surface area (Å²) in [5.74, 6) is -0.348. The van der Waals surface area contributed by atoms with E-state index in [1.54, 1.807) is 0 Å². The molecule has 1 aromatic rings. The van der Waals surface area contributed by atoms with E-state index in [4.69, 9.17) is 14.0 Å². The van der Waals surface area contributed by atoms with Crippen LogP contribution in [0.2, 0.25) is 0 Å². The van der Waals surface area contributed by atoms with Crippen LogP contribution in [0.4, 0.5) is 5.69 Å². The summed E-state index contributed by atoms with van der Waals surface area (Å²) in [7, 11) is 0.896. The van der Waals surface area contributed by atoms with Crippen LogP contribution in [0, 0.1) is 6.92 Å². The Bertz CT molecular complexity index is 683. The third-order valence-electron chi connectivity index (χ3n) is 5.81. The minimum Gasteiger partial charge on any atom is -0.465 e. The van der Waals surface area contributed by atoms with Gasteiger partial charge in [-0.1, -0.05) is 0 Å².